The van der Waals surface area contributed by atoms with E-state index in [1.165, 1.54) is 0 Å². The molecule has 4 N–H and O–H groups in total. The predicted molar refractivity (Wildman–Crippen MR) is 126 cm³/mol. The third-order valence-electron chi connectivity index (χ3n) is 5.57. The number of hydrogen-bond donors (Lipinski definition) is 2. The Morgan fingerprint density at radius 3 is 2.09 bits per heavy atom. The van der Waals surface area contributed by atoms with Gasteiger partial charge in [-0.05, 0) is 29.8 Å². The zero-order chi connectivity index (χ0) is 24.1. The molecular weight excluding hydrogens is 460 g/mol. The molecule has 1 heterocycles. The van der Waals surface area contributed by atoms with Crippen LogP contribution in [0.1, 0.15) is 25.0 Å². The monoisotopic (exact) mass is 490 g/mol. The normalized spacial score (nSPS) is 13.4. The number of halogens is 1. The van der Waals surface area contributed by atoms with Crippen molar-refractivity contribution >= 4 is 22.9 Å². The summed E-state index contributed by atoms with van der Waals surface area (Å²) in [5.74, 6) is 2.06. The summed E-state index contributed by atoms with van der Waals surface area (Å²) in [6, 6.07) is 8.89. The number of azo groups is 1. The van der Waals surface area contributed by atoms with Gasteiger partial charge in [-0.3, -0.25) is 4.79 Å². The summed E-state index contributed by atoms with van der Waals surface area (Å²) in [5.41, 5.74) is 7.76. The molecule has 0 aliphatic carbocycles. The molecule has 0 radical (unpaired) electrons. The molecule has 10 heteroatoms. The first-order valence-corrected chi connectivity index (χ1v) is 10.6. The molecule has 1 unspecified atom stereocenters. The lowest BCUT2D eigenvalue weighted by atomic mass is 9.99. The van der Waals surface area contributed by atoms with Crippen LogP contribution in [-0.2, 0) is 4.79 Å². The molecule has 34 heavy (non-hydrogen) atoms. The Hall–Kier alpha value is -3.30. The second-order valence-corrected chi connectivity index (χ2v) is 7.90. The minimum absolute atomic E-state index is 0. The highest BCUT2D eigenvalue weighted by Gasteiger charge is 2.24. The predicted octanol–water partition coefficient (Wildman–Crippen LogP) is 0.264. The Balaban J connectivity index is 0.00000408. The maximum atomic E-state index is 12.6. The van der Waals surface area contributed by atoms with Crippen LogP contribution in [0, 0.1) is 5.92 Å². The van der Waals surface area contributed by atoms with Crippen LogP contribution in [0.2, 0.25) is 0 Å². The highest BCUT2D eigenvalue weighted by molar-refractivity contribution is 5.98. The van der Waals surface area contributed by atoms with Gasteiger partial charge in [0, 0.05) is 17.1 Å². The van der Waals surface area contributed by atoms with E-state index in [2.05, 4.69) is 21.3 Å². The number of ether oxygens (including phenoxy) is 4. The molecule has 0 fully saturated rings. The molecule has 1 aliphatic heterocycles. The zero-order valence-electron chi connectivity index (χ0n) is 20.3. The topological polar surface area (TPSA) is 118 Å². The van der Waals surface area contributed by atoms with E-state index >= 15 is 0 Å². The van der Waals surface area contributed by atoms with Crippen LogP contribution >= 0.6 is 0 Å². The number of carbonyl (C=O) groups is 1. The van der Waals surface area contributed by atoms with Gasteiger partial charge in [-0.15, -0.1) is 0 Å². The molecule has 2 aromatic carbocycles. The maximum absolute atomic E-state index is 12.6. The van der Waals surface area contributed by atoms with E-state index in [-0.39, 0.29) is 30.3 Å². The van der Waals surface area contributed by atoms with Crippen LogP contribution < -0.4 is 42.4 Å². The van der Waals surface area contributed by atoms with Gasteiger partial charge in [-0.1, -0.05) is 19.9 Å². The van der Waals surface area contributed by atoms with Crippen molar-refractivity contribution in [1.29, 1.82) is 0 Å². The molecule has 0 saturated heterocycles. The highest BCUT2D eigenvalue weighted by Crippen LogP contribution is 2.43. The summed E-state index contributed by atoms with van der Waals surface area (Å²) in [6.07, 6.45) is 0. The molecule has 3 rings (SSSR count). The Morgan fingerprint density at radius 2 is 1.56 bits per heavy atom. The smallest absolute Gasteiger partial charge is 0.282 e. The van der Waals surface area contributed by atoms with Crippen molar-refractivity contribution in [3.05, 3.63) is 41.5 Å². The highest BCUT2D eigenvalue weighted by atomic mass is 35.5. The molecular formula is C24H31ClN4O5. The lowest BCUT2D eigenvalue weighted by molar-refractivity contribution is -0.412. The minimum Gasteiger partial charge on any atom is -1.00 e. The number of amides is 1. The molecule has 1 atom stereocenters. The number of anilines is 1. The third-order valence-corrected chi connectivity index (χ3v) is 5.57. The molecule has 9 nitrogen and oxygen atoms in total. The van der Waals surface area contributed by atoms with Crippen LogP contribution in [-0.4, -0.2) is 46.9 Å². The van der Waals surface area contributed by atoms with E-state index in [0.717, 1.165) is 16.7 Å². The number of quaternary nitrogens is 1. The second kappa shape index (κ2) is 11.7. The summed E-state index contributed by atoms with van der Waals surface area (Å²) in [4.78, 5) is 12.6. The molecule has 0 spiro atoms. The molecule has 0 bridgehead atoms. The van der Waals surface area contributed by atoms with Crippen LogP contribution in [0.4, 0.5) is 5.69 Å². The zero-order valence-corrected chi connectivity index (χ0v) is 21.0. The van der Waals surface area contributed by atoms with Crippen molar-refractivity contribution in [1.82, 2.24) is 0 Å². The Bertz CT molecular complexity index is 1080. The summed E-state index contributed by atoms with van der Waals surface area (Å²) in [7, 11) is 6.26. The Labute approximate surface area is 205 Å². The van der Waals surface area contributed by atoms with Gasteiger partial charge >= 0.3 is 0 Å². The van der Waals surface area contributed by atoms with Gasteiger partial charge in [0.05, 0.1) is 46.4 Å². The van der Waals surface area contributed by atoms with Crippen molar-refractivity contribution in [2.45, 2.75) is 19.9 Å². The summed E-state index contributed by atoms with van der Waals surface area (Å²) in [6.45, 7) is 4.32. The first-order valence-electron chi connectivity index (χ1n) is 10.6. The molecule has 1 amide bonds. The van der Waals surface area contributed by atoms with Gasteiger partial charge in [0.15, 0.2) is 17.5 Å². The van der Waals surface area contributed by atoms with E-state index in [4.69, 9.17) is 18.9 Å². The fourth-order valence-electron chi connectivity index (χ4n) is 3.51. The van der Waals surface area contributed by atoms with Crippen molar-refractivity contribution in [3.8, 4) is 23.0 Å². The Kier molecular flexibility index (Phi) is 9.28. The van der Waals surface area contributed by atoms with Gasteiger partial charge in [0.25, 0.3) is 5.91 Å². The summed E-state index contributed by atoms with van der Waals surface area (Å²) in [5, 5.41) is 11.6. The number of nitrogens with zero attached hydrogens (tertiary/aromatic N) is 2. The Morgan fingerprint density at radius 1 is 0.941 bits per heavy atom. The van der Waals surface area contributed by atoms with Crippen LogP contribution in [0.15, 0.2) is 40.6 Å². The molecule has 2 aromatic rings. The third kappa shape index (κ3) is 5.43. The van der Waals surface area contributed by atoms with Gasteiger partial charge in [-0.2, -0.15) is 10.2 Å². The van der Waals surface area contributed by atoms with E-state index in [1.807, 2.05) is 44.2 Å². The summed E-state index contributed by atoms with van der Waals surface area (Å²) < 4.78 is 21.8. The average molecular weight is 491 g/mol. The first kappa shape index (κ1) is 26.9. The fraction of sp³-hybridized carbons (Fsp3) is 0.375. The number of benzene rings is 2. The quantitative estimate of drug-likeness (QED) is 0.523. The minimum atomic E-state index is -0.385. The number of nitrogens with one attached hydrogen (secondary N) is 1. The van der Waals surface area contributed by atoms with Crippen molar-refractivity contribution in [2.24, 2.45) is 16.1 Å². The number of rotatable bonds is 9. The van der Waals surface area contributed by atoms with E-state index in [1.54, 1.807) is 28.4 Å². The van der Waals surface area contributed by atoms with E-state index < -0.39 is 0 Å². The molecule has 0 aromatic heterocycles. The summed E-state index contributed by atoms with van der Waals surface area (Å²) >= 11 is 0. The average Bonchev–Trinajstić information content (AvgIpc) is 3.32. The van der Waals surface area contributed by atoms with E-state index in [9.17, 15) is 4.79 Å². The van der Waals surface area contributed by atoms with Crippen molar-refractivity contribution in [2.75, 3.05) is 40.3 Å². The SMILES string of the molecule is COc1ccc(C2=C(c3cc(OC)c(OC)c(OC)c3)N=NC2)cc1NC(=O)C([NH3+])C(C)C.[Cl-]. The second-order valence-electron chi connectivity index (χ2n) is 7.90. The maximum Gasteiger partial charge on any atom is 0.282 e. The lowest BCUT2D eigenvalue weighted by Crippen LogP contribution is -3.00. The number of hydrogen-bond acceptors (Lipinski definition) is 7. The van der Waals surface area contributed by atoms with Crippen molar-refractivity contribution in [3.63, 3.8) is 0 Å². The molecule has 184 valence electrons. The molecule has 1 aliphatic rings. The van der Waals surface area contributed by atoms with Crippen LogP contribution in [0.5, 0.6) is 23.0 Å². The number of carbonyl (C=O) groups excluding carboxylic acids is 1. The van der Waals surface area contributed by atoms with Crippen LogP contribution in [0.25, 0.3) is 11.3 Å². The van der Waals surface area contributed by atoms with E-state index in [0.29, 0.717) is 40.9 Å². The first-order chi connectivity index (χ1) is 15.8. The van der Waals surface area contributed by atoms with Crippen LogP contribution in [0.3, 0.4) is 0 Å². The molecule has 0 saturated carbocycles. The number of methoxy groups -OCH3 is 4. The van der Waals surface area contributed by atoms with Gasteiger partial charge < -0.3 is 42.4 Å². The van der Waals surface area contributed by atoms with Gasteiger partial charge in [0.2, 0.25) is 5.75 Å². The largest absolute Gasteiger partial charge is 1.00 e. The standard InChI is InChI=1S/C24H30N4O5.ClH/c1-13(2)21(25)24(29)27-17-9-14(7-8-18(17)30-3)16-12-26-28-22(16)15-10-19(31-4)23(33-6)20(11-15)32-5;/h7-11,13,21H,12,25H2,1-6H3,(H,27,29);1H. The fourth-order valence-corrected chi connectivity index (χ4v) is 3.51. The van der Waals surface area contributed by atoms with Gasteiger partial charge in [0.1, 0.15) is 5.75 Å². The van der Waals surface area contributed by atoms with Crippen molar-refractivity contribution < 1.29 is 41.9 Å². The van der Waals surface area contributed by atoms with Gasteiger partial charge in [-0.25, -0.2) is 0 Å². The lowest BCUT2D eigenvalue weighted by Gasteiger charge is -2.16.